The van der Waals surface area contributed by atoms with E-state index in [1.165, 1.54) is 10.5 Å². The summed E-state index contributed by atoms with van der Waals surface area (Å²) in [7, 11) is -3.53. The van der Waals surface area contributed by atoms with E-state index >= 15 is 0 Å². The van der Waals surface area contributed by atoms with Gasteiger partial charge in [0.05, 0.1) is 13.2 Å². The van der Waals surface area contributed by atoms with Crippen molar-refractivity contribution >= 4 is 26.6 Å². The second-order valence-corrected chi connectivity index (χ2v) is 6.86. The predicted molar refractivity (Wildman–Crippen MR) is 76.9 cm³/mol. The van der Waals surface area contributed by atoms with Crippen LogP contribution in [0.5, 0.6) is 0 Å². The van der Waals surface area contributed by atoms with Crippen LogP contribution < -0.4 is 5.73 Å². The monoisotopic (exact) mass is 295 g/mol. The topological polar surface area (TPSA) is 88.4 Å². The quantitative estimate of drug-likeness (QED) is 0.814. The maximum absolute atomic E-state index is 12.8. The molecule has 3 rings (SSSR count). The van der Waals surface area contributed by atoms with Crippen LogP contribution in [0.4, 0.5) is 5.69 Å². The SMILES string of the molecule is C[C@@H]1COCCN1S(=O)(=O)c1c[nH]c2cc(N)ccc12. The number of fused-ring (bicyclic) bond motifs is 1. The molecule has 1 aliphatic heterocycles. The lowest BCUT2D eigenvalue weighted by Crippen LogP contribution is -2.46. The summed E-state index contributed by atoms with van der Waals surface area (Å²) >= 11 is 0. The highest BCUT2D eigenvalue weighted by molar-refractivity contribution is 7.89. The highest BCUT2D eigenvalue weighted by Crippen LogP contribution is 2.28. The van der Waals surface area contributed by atoms with Gasteiger partial charge < -0.3 is 15.5 Å². The summed E-state index contributed by atoms with van der Waals surface area (Å²) in [6.07, 6.45) is 1.53. The van der Waals surface area contributed by atoms with Crippen molar-refractivity contribution in [1.29, 1.82) is 0 Å². The van der Waals surface area contributed by atoms with Gasteiger partial charge in [0.25, 0.3) is 0 Å². The fraction of sp³-hybridized carbons (Fsp3) is 0.385. The lowest BCUT2D eigenvalue weighted by atomic mass is 10.2. The molecule has 6 nitrogen and oxygen atoms in total. The molecule has 0 saturated carbocycles. The minimum absolute atomic E-state index is 0.160. The van der Waals surface area contributed by atoms with Gasteiger partial charge in [-0.2, -0.15) is 4.31 Å². The van der Waals surface area contributed by atoms with Gasteiger partial charge in [0, 0.05) is 35.4 Å². The van der Waals surface area contributed by atoms with Crippen LogP contribution in [-0.2, 0) is 14.8 Å². The zero-order valence-electron chi connectivity index (χ0n) is 11.2. The number of nitrogens with two attached hydrogens (primary N) is 1. The van der Waals surface area contributed by atoms with Crippen molar-refractivity contribution in [1.82, 2.24) is 9.29 Å². The molecule has 0 aliphatic carbocycles. The van der Waals surface area contributed by atoms with Crippen LogP contribution in [0, 0.1) is 0 Å². The molecule has 0 amide bonds. The number of aromatic amines is 1. The molecular formula is C13H17N3O3S. The van der Waals surface area contributed by atoms with E-state index in [0.29, 0.717) is 35.7 Å². The van der Waals surface area contributed by atoms with Crippen LogP contribution >= 0.6 is 0 Å². The highest BCUT2D eigenvalue weighted by atomic mass is 32.2. The molecule has 1 aromatic carbocycles. The second-order valence-electron chi connectivity index (χ2n) is 5.00. The number of benzene rings is 1. The molecular weight excluding hydrogens is 278 g/mol. The maximum Gasteiger partial charge on any atom is 0.245 e. The first-order chi connectivity index (χ1) is 9.50. The summed E-state index contributed by atoms with van der Waals surface area (Å²) in [5, 5.41) is 0.665. The third-order valence-corrected chi connectivity index (χ3v) is 5.61. The molecule has 1 fully saturated rings. The fourth-order valence-corrected chi connectivity index (χ4v) is 4.29. The highest BCUT2D eigenvalue weighted by Gasteiger charge is 2.33. The summed E-state index contributed by atoms with van der Waals surface area (Å²) in [5.74, 6) is 0. The van der Waals surface area contributed by atoms with Crippen LogP contribution in [0.2, 0.25) is 0 Å². The molecule has 108 valence electrons. The predicted octanol–water partition coefficient (Wildman–Crippen LogP) is 1.16. The number of nitrogens with one attached hydrogen (secondary N) is 1. The van der Waals surface area contributed by atoms with Gasteiger partial charge in [-0.25, -0.2) is 8.42 Å². The normalized spacial score (nSPS) is 21.4. The van der Waals surface area contributed by atoms with E-state index in [9.17, 15) is 8.42 Å². The van der Waals surface area contributed by atoms with Crippen LogP contribution in [-0.4, -0.2) is 43.5 Å². The standard InChI is InChI=1S/C13H17N3O3S/c1-9-8-19-5-4-16(9)20(17,18)13-7-15-12-6-10(14)2-3-11(12)13/h2-3,6-7,9,15H,4-5,8,14H2,1H3/t9-/m1/s1. The average Bonchev–Trinajstić information content (AvgIpc) is 2.82. The molecule has 2 heterocycles. The minimum atomic E-state index is -3.53. The Kier molecular flexibility index (Phi) is 3.19. The van der Waals surface area contributed by atoms with E-state index < -0.39 is 10.0 Å². The zero-order valence-corrected chi connectivity index (χ0v) is 12.0. The van der Waals surface area contributed by atoms with Crippen molar-refractivity contribution in [2.75, 3.05) is 25.5 Å². The Morgan fingerprint density at radius 3 is 3.00 bits per heavy atom. The molecule has 0 spiro atoms. The lowest BCUT2D eigenvalue weighted by Gasteiger charge is -2.32. The van der Waals surface area contributed by atoms with Crippen molar-refractivity contribution in [3.63, 3.8) is 0 Å². The molecule has 1 aromatic heterocycles. The van der Waals surface area contributed by atoms with Crippen LogP contribution in [0.15, 0.2) is 29.3 Å². The molecule has 1 saturated heterocycles. The first kappa shape index (κ1) is 13.4. The number of H-pyrrole nitrogens is 1. The van der Waals surface area contributed by atoms with E-state index in [4.69, 9.17) is 10.5 Å². The molecule has 1 aliphatic rings. The van der Waals surface area contributed by atoms with Crippen molar-refractivity contribution < 1.29 is 13.2 Å². The number of rotatable bonds is 2. The van der Waals surface area contributed by atoms with Gasteiger partial charge in [0.15, 0.2) is 0 Å². The Morgan fingerprint density at radius 2 is 2.25 bits per heavy atom. The van der Waals surface area contributed by atoms with Crippen molar-refractivity contribution in [3.8, 4) is 0 Å². The van der Waals surface area contributed by atoms with Crippen LogP contribution in [0.3, 0.4) is 0 Å². The van der Waals surface area contributed by atoms with Gasteiger partial charge in [-0.05, 0) is 25.1 Å². The number of hydrogen-bond donors (Lipinski definition) is 2. The molecule has 3 N–H and O–H groups in total. The Morgan fingerprint density at radius 1 is 1.45 bits per heavy atom. The second kappa shape index (κ2) is 4.76. The van der Waals surface area contributed by atoms with Gasteiger partial charge in [-0.15, -0.1) is 0 Å². The first-order valence-electron chi connectivity index (χ1n) is 6.46. The smallest absolute Gasteiger partial charge is 0.245 e. The summed E-state index contributed by atoms with van der Waals surface area (Å²) in [6, 6.07) is 5.02. The summed E-state index contributed by atoms with van der Waals surface area (Å²) in [4.78, 5) is 3.26. The van der Waals surface area contributed by atoms with E-state index in [1.807, 2.05) is 6.92 Å². The zero-order chi connectivity index (χ0) is 14.3. The molecule has 7 heteroatoms. The molecule has 0 radical (unpaired) electrons. The van der Waals surface area contributed by atoms with E-state index in [1.54, 1.807) is 18.2 Å². The summed E-state index contributed by atoms with van der Waals surface area (Å²) in [5.41, 5.74) is 7.04. The lowest BCUT2D eigenvalue weighted by molar-refractivity contribution is 0.0393. The van der Waals surface area contributed by atoms with E-state index in [2.05, 4.69) is 4.98 Å². The Bertz CT molecular complexity index is 738. The van der Waals surface area contributed by atoms with Crippen LogP contribution in [0.25, 0.3) is 10.9 Å². The number of ether oxygens (including phenoxy) is 1. The molecule has 0 bridgehead atoms. The number of anilines is 1. The molecule has 1 atom stereocenters. The van der Waals surface area contributed by atoms with E-state index in [0.717, 1.165) is 5.52 Å². The number of sulfonamides is 1. The van der Waals surface area contributed by atoms with Gasteiger partial charge in [0.1, 0.15) is 4.90 Å². The molecule has 20 heavy (non-hydrogen) atoms. The maximum atomic E-state index is 12.8. The number of nitrogen functional groups attached to an aromatic ring is 1. The van der Waals surface area contributed by atoms with Gasteiger partial charge in [0.2, 0.25) is 10.0 Å². The number of morpholine rings is 1. The van der Waals surface area contributed by atoms with Crippen LogP contribution in [0.1, 0.15) is 6.92 Å². The summed E-state index contributed by atoms with van der Waals surface area (Å²) < 4.78 is 32.3. The first-order valence-corrected chi connectivity index (χ1v) is 7.90. The largest absolute Gasteiger partial charge is 0.399 e. The van der Waals surface area contributed by atoms with E-state index in [-0.39, 0.29) is 6.04 Å². The third-order valence-electron chi connectivity index (χ3n) is 3.56. The van der Waals surface area contributed by atoms with Crippen molar-refractivity contribution in [3.05, 3.63) is 24.4 Å². The van der Waals surface area contributed by atoms with Gasteiger partial charge in [-0.3, -0.25) is 0 Å². The Balaban J connectivity index is 2.09. The molecule has 2 aromatic rings. The number of hydrogen-bond acceptors (Lipinski definition) is 4. The number of aromatic nitrogens is 1. The fourth-order valence-electron chi connectivity index (χ4n) is 2.53. The minimum Gasteiger partial charge on any atom is -0.399 e. The average molecular weight is 295 g/mol. The van der Waals surface area contributed by atoms with Crippen molar-refractivity contribution in [2.45, 2.75) is 17.9 Å². The Hall–Kier alpha value is -1.57. The summed E-state index contributed by atoms with van der Waals surface area (Å²) in [6.45, 7) is 3.09. The van der Waals surface area contributed by atoms with Crippen molar-refractivity contribution in [2.24, 2.45) is 0 Å². The third kappa shape index (κ3) is 2.07. The molecule has 0 unspecified atom stereocenters. The van der Waals surface area contributed by atoms with Gasteiger partial charge in [-0.1, -0.05) is 0 Å². The number of nitrogens with zero attached hydrogens (tertiary/aromatic N) is 1. The Labute approximate surface area is 117 Å². The van der Waals surface area contributed by atoms with Gasteiger partial charge >= 0.3 is 0 Å².